The van der Waals surface area contributed by atoms with Gasteiger partial charge in [-0.25, -0.2) is 0 Å². The molecular weight excluding hydrogens is 184 g/mol. The number of esters is 1. The minimum atomic E-state index is -0.478. The lowest BCUT2D eigenvalue weighted by atomic mass is 10.3. The number of phenolic OH excluding ortho intramolecular Hbond substituents is 1. The average Bonchev–Trinajstić information content (AvgIpc) is 2.11. The van der Waals surface area contributed by atoms with Crippen molar-refractivity contribution in [1.29, 1.82) is 0 Å². The van der Waals surface area contributed by atoms with Gasteiger partial charge in [0.05, 0.1) is 6.61 Å². The van der Waals surface area contributed by atoms with Gasteiger partial charge >= 0.3 is 5.97 Å². The number of hydrogen-bond acceptors (Lipinski definition) is 4. The molecule has 4 nitrogen and oxygen atoms in total. The third kappa shape index (κ3) is 2.39. The maximum atomic E-state index is 10.7. The Morgan fingerprint density at radius 3 is 2.64 bits per heavy atom. The molecule has 0 unspecified atom stereocenters. The highest BCUT2D eigenvalue weighted by Crippen LogP contribution is 2.35. The summed E-state index contributed by atoms with van der Waals surface area (Å²) in [5.74, 6) is -0.201. The van der Waals surface area contributed by atoms with E-state index in [0.29, 0.717) is 12.4 Å². The number of para-hydroxylation sites is 1. The SMILES string of the molecule is CCOc1cccc(OC(C)=O)c1O. The third-order valence-corrected chi connectivity index (χ3v) is 1.52. The summed E-state index contributed by atoms with van der Waals surface area (Å²) in [7, 11) is 0. The first-order valence-corrected chi connectivity index (χ1v) is 4.28. The number of aromatic hydroxyl groups is 1. The van der Waals surface area contributed by atoms with Crippen LogP contribution < -0.4 is 9.47 Å². The molecule has 1 N–H and O–H groups in total. The van der Waals surface area contributed by atoms with E-state index in [1.807, 2.05) is 0 Å². The van der Waals surface area contributed by atoms with Crippen LogP contribution in [0.15, 0.2) is 18.2 Å². The van der Waals surface area contributed by atoms with Gasteiger partial charge in [0.1, 0.15) is 0 Å². The monoisotopic (exact) mass is 196 g/mol. The van der Waals surface area contributed by atoms with Gasteiger partial charge in [0.25, 0.3) is 0 Å². The molecule has 0 aromatic heterocycles. The highest BCUT2D eigenvalue weighted by Gasteiger charge is 2.10. The fourth-order valence-corrected chi connectivity index (χ4v) is 1.01. The van der Waals surface area contributed by atoms with E-state index in [4.69, 9.17) is 9.47 Å². The summed E-state index contributed by atoms with van der Waals surface area (Å²) >= 11 is 0. The molecule has 1 aromatic rings. The zero-order valence-corrected chi connectivity index (χ0v) is 8.11. The van der Waals surface area contributed by atoms with Crippen LogP contribution in [0.4, 0.5) is 0 Å². The second-order valence-corrected chi connectivity index (χ2v) is 2.63. The normalized spacial score (nSPS) is 9.57. The number of carbonyl (C=O) groups is 1. The van der Waals surface area contributed by atoms with Crippen molar-refractivity contribution >= 4 is 5.97 Å². The molecule has 0 saturated heterocycles. The Balaban J connectivity index is 2.94. The van der Waals surface area contributed by atoms with Crippen LogP contribution in [0.5, 0.6) is 17.2 Å². The lowest BCUT2D eigenvalue weighted by molar-refractivity contribution is -0.132. The number of benzene rings is 1. The van der Waals surface area contributed by atoms with Gasteiger partial charge in [0, 0.05) is 6.92 Å². The van der Waals surface area contributed by atoms with E-state index in [1.165, 1.54) is 13.0 Å². The summed E-state index contributed by atoms with van der Waals surface area (Å²) in [5.41, 5.74) is 0. The van der Waals surface area contributed by atoms with Crippen molar-refractivity contribution < 1.29 is 19.4 Å². The van der Waals surface area contributed by atoms with Gasteiger partial charge < -0.3 is 14.6 Å². The second-order valence-electron chi connectivity index (χ2n) is 2.63. The molecule has 14 heavy (non-hydrogen) atoms. The third-order valence-electron chi connectivity index (χ3n) is 1.52. The molecule has 0 atom stereocenters. The van der Waals surface area contributed by atoms with Gasteiger partial charge in [-0.05, 0) is 19.1 Å². The Labute approximate surface area is 82.1 Å². The molecule has 0 aliphatic heterocycles. The largest absolute Gasteiger partial charge is 0.502 e. The maximum absolute atomic E-state index is 10.7. The Hall–Kier alpha value is -1.71. The first-order chi connectivity index (χ1) is 6.65. The van der Waals surface area contributed by atoms with Crippen LogP contribution in [0, 0.1) is 0 Å². The molecule has 0 heterocycles. The quantitative estimate of drug-likeness (QED) is 0.590. The van der Waals surface area contributed by atoms with Gasteiger partial charge in [0.15, 0.2) is 11.5 Å². The Bertz CT molecular complexity index is 333. The topological polar surface area (TPSA) is 55.8 Å². The zero-order chi connectivity index (χ0) is 10.6. The predicted molar refractivity (Wildman–Crippen MR) is 50.6 cm³/mol. The highest BCUT2D eigenvalue weighted by molar-refractivity contribution is 5.71. The maximum Gasteiger partial charge on any atom is 0.308 e. The van der Waals surface area contributed by atoms with E-state index in [9.17, 15) is 9.90 Å². The standard InChI is InChI=1S/C10H12O4/c1-3-13-8-5-4-6-9(10(8)12)14-7(2)11/h4-6,12H,3H2,1-2H3. The Kier molecular flexibility index (Phi) is 3.34. The van der Waals surface area contributed by atoms with Crippen molar-refractivity contribution in [2.24, 2.45) is 0 Å². The molecule has 4 heteroatoms. The van der Waals surface area contributed by atoms with Crippen molar-refractivity contribution in [2.75, 3.05) is 6.61 Å². The summed E-state index contributed by atoms with van der Waals surface area (Å²) in [6.07, 6.45) is 0. The van der Waals surface area contributed by atoms with E-state index < -0.39 is 5.97 Å². The van der Waals surface area contributed by atoms with Crippen molar-refractivity contribution in [3.8, 4) is 17.2 Å². The smallest absolute Gasteiger partial charge is 0.308 e. The van der Waals surface area contributed by atoms with Gasteiger partial charge in [-0.3, -0.25) is 4.79 Å². The summed E-state index contributed by atoms with van der Waals surface area (Å²) < 4.78 is 9.88. The van der Waals surface area contributed by atoms with Crippen LogP contribution in [-0.2, 0) is 4.79 Å². The molecule has 0 bridgehead atoms. The molecular formula is C10H12O4. The van der Waals surface area contributed by atoms with E-state index in [0.717, 1.165) is 0 Å². The predicted octanol–water partition coefficient (Wildman–Crippen LogP) is 1.72. The minimum Gasteiger partial charge on any atom is -0.502 e. The molecule has 0 radical (unpaired) electrons. The van der Waals surface area contributed by atoms with Gasteiger partial charge in [0.2, 0.25) is 5.75 Å². The van der Waals surface area contributed by atoms with Crippen LogP contribution >= 0.6 is 0 Å². The summed E-state index contributed by atoms with van der Waals surface area (Å²) in [6.45, 7) is 3.52. The van der Waals surface area contributed by atoms with Gasteiger partial charge in [-0.15, -0.1) is 0 Å². The molecule has 0 saturated carbocycles. The molecule has 1 aromatic carbocycles. The number of hydrogen-bond donors (Lipinski definition) is 1. The van der Waals surface area contributed by atoms with Crippen LogP contribution in [0.25, 0.3) is 0 Å². The molecule has 1 rings (SSSR count). The second kappa shape index (κ2) is 4.50. The first kappa shape index (κ1) is 10.4. The number of ether oxygens (including phenoxy) is 2. The number of carbonyl (C=O) groups excluding carboxylic acids is 1. The van der Waals surface area contributed by atoms with E-state index in [2.05, 4.69) is 0 Å². The number of rotatable bonds is 3. The van der Waals surface area contributed by atoms with E-state index in [1.54, 1.807) is 19.1 Å². The van der Waals surface area contributed by atoms with Gasteiger partial charge in [-0.2, -0.15) is 0 Å². The minimum absolute atomic E-state index is 0.114. The van der Waals surface area contributed by atoms with Crippen LogP contribution in [-0.4, -0.2) is 17.7 Å². The summed E-state index contributed by atoms with van der Waals surface area (Å²) in [6, 6.07) is 4.74. The lowest BCUT2D eigenvalue weighted by Crippen LogP contribution is -2.02. The molecule has 0 aliphatic rings. The molecule has 76 valence electrons. The summed E-state index contributed by atoms with van der Waals surface area (Å²) in [5, 5.41) is 9.57. The van der Waals surface area contributed by atoms with E-state index in [-0.39, 0.29) is 11.5 Å². The summed E-state index contributed by atoms with van der Waals surface area (Å²) in [4.78, 5) is 10.7. The van der Waals surface area contributed by atoms with Gasteiger partial charge in [-0.1, -0.05) is 6.07 Å². The number of phenols is 1. The van der Waals surface area contributed by atoms with Crippen LogP contribution in [0.2, 0.25) is 0 Å². The molecule has 0 spiro atoms. The lowest BCUT2D eigenvalue weighted by Gasteiger charge is -2.08. The van der Waals surface area contributed by atoms with E-state index >= 15 is 0 Å². The zero-order valence-electron chi connectivity index (χ0n) is 8.11. The average molecular weight is 196 g/mol. The highest BCUT2D eigenvalue weighted by atomic mass is 16.5. The van der Waals surface area contributed by atoms with Crippen molar-refractivity contribution in [2.45, 2.75) is 13.8 Å². The molecule has 0 aliphatic carbocycles. The van der Waals surface area contributed by atoms with Crippen molar-refractivity contribution in [3.63, 3.8) is 0 Å². The van der Waals surface area contributed by atoms with Crippen LogP contribution in [0.3, 0.4) is 0 Å². The van der Waals surface area contributed by atoms with Crippen molar-refractivity contribution in [1.82, 2.24) is 0 Å². The molecule has 0 amide bonds. The fraction of sp³-hybridized carbons (Fsp3) is 0.300. The Morgan fingerprint density at radius 1 is 1.43 bits per heavy atom. The van der Waals surface area contributed by atoms with Crippen LogP contribution in [0.1, 0.15) is 13.8 Å². The molecule has 0 fully saturated rings. The fourth-order valence-electron chi connectivity index (χ4n) is 1.01. The Morgan fingerprint density at radius 2 is 2.07 bits per heavy atom. The first-order valence-electron chi connectivity index (χ1n) is 4.28. The van der Waals surface area contributed by atoms with Crippen molar-refractivity contribution in [3.05, 3.63) is 18.2 Å².